The van der Waals surface area contributed by atoms with Crippen LogP contribution in [0.15, 0.2) is 9.98 Å². The SMILES string of the molecule is CCCCCCCCNC=O.NC(N)=NCCCN1CCN(CCCN=C(N)N)CC1. The highest BCUT2D eigenvalue weighted by Crippen LogP contribution is 2.04. The van der Waals surface area contributed by atoms with Crippen molar-refractivity contribution < 1.29 is 4.79 Å². The number of piperazine rings is 1. The van der Waals surface area contributed by atoms with Crippen LogP contribution in [0.1, 0.15) is 58.3 Å². The van der Waals surface area contributed by atoms with E-state index in [0.717, 1.165) is 71.5 Å². The summed E-state index contributed by atoms with van der Waals surface area (Å²) < 4.78 is 0. The number of nitrogens with two attached hydrogens (primary N) is 4. The summed E-state index contributed by atoms with van der Waals surface area (Å²) in [4.78, 5) is 22.7. The highest BCUT2D eigenvalue weighted by atomic mass is 16.1. The number of guanidine groups is 2. The van der Waals surface area contributed by atoms with E-state index < -0.39 is 0 Å². The normalized spacial score (nSPS) is 14.2. The summed E-state index contributed by atoms with van der Waals surface area (Å²) in [6, 6.07) is 0. The number of rotatable bonds is 16. The van der Waals surface area contributed by atoms with E-state index in [1.165, 1.54) is 32.1 Å². The Balaban J connectivity index is 0.000000695. The zero-order chi connectivity index (χ0) is 23.2. The molecule has 0 aromatic carbocycles. The summed E-state index contributed by atoms with van der Waals surface area (Å²) in [6.45, 7) is 11.0. The number of hydrogen-bond acceptors (Lipinski definition) is 5. The monoisotopic (exact) mass is 441 g/mol. The summed E-state index contributed by atoms with van der Waals surface area (Å²) in [6.07, 6.45) is 10.5. The molecule has 1 rings (SSSR count). The summed E-state index contributed by atoms with van der Waals surface area (Å²) >= 11 is 0. The van der Waals surface area contributed by atoms with Gasteiger partial charge in [-0.3, -0.25) is 14.8 Å². The predicted molar refractivity (Wildman–Crippen MR) is 131 cm³/mol. The van der Waals surface area contributed by atoms with Crippen LogP contribution in [0.4, 0.5) is 0 Å². The molecule has 1 saturated heterocycles. The van der Waals surface area contributed by atoms with E-state index in [0.29, 0.717) is 13.1 Å². The van der Waals surface area contributed by atoms with Crippen LogP contribution in [-0.4, -0.2) is 87.0 Å². The zero-order valence-electron chi connectivity index (χ0n) is 19.6. The Bertz CT molecular complexity index is 437. The molecule has 0 radical (unpaired) electrons. The Morgan fingerprint density at radius 2 is 1.23 bits per heavy atom. The number of nitrogens with zero attached hydrogens (tertiary/aromatic N) is 4. The molecule has 10 nitrogen and oxygen atoms in total. The van der Waals surface area contributed by atoms with Crippen LogP contribution in [0.25, 0.3) is 0 Å². The van der Waals surface area contributed by atoms with Crippen molar-refractivity contribution in [2.75, 3.05) is 58.9 Å². The number of carbonyl (C=O) groups excluding carboxylic acids is 1. The first kappa shape index (κ1) is 28.9. The Hall–Kier alpha value is -2.07. The van der Waals surface area contributed by atoms with E-state index in [2.05, 4.69) is 32.0 Å². The van der Waals surface area contributed by atoms with Crippen LogP contribution in [0.2, 0.25) is 0 Å². The molecule has 1 aliphatic rings. The van der Waals surface area contributed by atoms with Gasteiger partial charge in [0.1, 0.15) is 0 Å². The van der Waals surface area contributed by atoms with E-state index >= 15 is 0 Å². The third-order valence-corrected chi connectivity index (χ3v) is 5.08. The van der Waals surface area contributed by atoms with Crippen molar-refractivity contribution in [3.05, 3.63) is 0 Å². The van der Waals surface area contributed by atoms with E-state index in [1.54, 1.807) is 0 Å². The molecule has 10 heteroatoms. The smallest absolute Gasteiger partial charge is 0.207 e. The number of carbonyl (C=O) groups is 1. The molecule has 0 bridgehead atoms. The van der Waals surface area contributed by atoms with Gasteiger partial charge in [0.15, 0.2) is 11.9 Å². The second-order valence-corrected chi connectivity index (χ2v) is 7.84. The van der Waals surface area contributed by atoms with Crippen molar-refractivity contribution in [3.63, 3.8) is 0 Å². The van der Waals surface area contributed by atoms with Gasteiger partial charge in [0, 0.05) is 58.9 Å². The van der Waals surface area contributed by atoms with Crippen molar-refractivity contribution in [1.29, 1.82) is 0 Å². The van der Waals surface area contributed by atoms with Crippen LogP contribution >= 0.6 is 0 Å². The second kappa shape index (κ2) is 21.2. The highest BCUT2D eigenvalue weighted by Gasteiger charge is 2.15. The minimum atomic E-state index is 0.176. The molecule has 0 spiro atoms. The van der Waals surface area contributed by atoms with Crippen LogP contribution in [0.5, 0.6) is 0 Å². The van der Waals surface area contributed by atoms with Crippen molar-refractivity contribution in [2.45, 2.75) is 58.3 Å². The van der Waals surface area contributed by atoms with E-state index in [1.807, 2.05) is 0 Å². The van der Waals surface area contributed by atoms with Crippen LogP contribution in [-0.2, 0) is 4.79 Å². The number of hydrogen-bond donors (Lipinski definition) is 5. The van der Waals surface area contributed by atoms with Crippen molar-refractivity contribution in [2.24, 2.45) is 32.9 Å². The summed E-state index contributed by atoms with van der Waals surface area (Å²) in [5.41, 5.74) is 21.2. The first-order valence-corrected chi connectivity index (χ1v) is 11.7. The Morgan fingerprint density at radius 1 is 0.774 bits per heavy atom. The molecule has 1 fully saturated rings. The lowest BCUT2D eigenvalue weighted by molar-refractivity contribution is -0.109. The number of amides is 1. The van der Waals surface area contributed by atoms with Gasteiger partial charge < -0.3 is 38.1 Å². The minimum absolute atomic E-state index is 0.176. The predicted octanol–water partition coefficient (Wildman–Crippen LogP) is 0.0239. The fraction of sp³-hybridized carbons (Fsp3) is 0.857. The molecule has 0 saturated carbocycles. The topological polar surface area (TPSA) is 164 Å². The van der Waals surface area contributed by atoms with Gasteiger partial charge in [-0.15, -0.1) is 0 Å². The maximum absolute atomic E-state index is 9.83. The Kier molecular flexibility index (Phi) is 19.8. The van der Waals surface area contributed by atoms with Crippen LogP contribution in [0, 0.1) is 0 Å². The van der Waals surface area contributed by atoms with E-state index in [-0.39, 0.29) is 11.9 Å². The van der Waals surface area contributed by atoms with Crippen LogP contribution < -0.4 is 28.3 Å². The van der Waals surface area contributed by atoms with Gasteiger partial charge >= 0.3 is 0 Å². The summed E-state index contributed by atoms with van der Waals surface area (Å²) in [5.74, 6) is 0.353. The van der Waals surface area contributed by atoms with Crippen molar-refractivity contribution in [3.8, 4) is 0 Å². The lowest BCUT2D eigenvalue weighted by Crippen LogP contribution is -2.47. The number of aliphatic imine (C=N–C) groups is 2. The van der Waals surface area contributed by atoms with Gasteiger partial charge in [-0.2, -0.15) is 0 Å². The number of unbranched alkanes of at least 4 members (excludes halogenated alkanes) is 5. The Morgan fingerprint density at radius 3 is 1.65 bits per heavy atom. The molecule has 31 heavy (non-hydrogen) atoms. The molecular formula is C21H47N9O. The maximum Gasteiger partial charge on any atom is 0.207 e. The molecule has 0 aromatic rings. The molecule has 182 valence electrons. The first-order chi connectivity index (χ1) is 15.0. The van der Waals surface area contributed by atoms with Crippen molar-refractivity contribution in [1.82, 2.24) is 15.1 Å². The van der Waals surface area contributed by atoms with Gasteiger partial charge in [0.2, 0.25) is 6.41 Å². The highest BCUT2D eigenvalue weighted by molar-refractivity contribution is 5.75. The first-order valence-electron chi connectivity index (χ1n) is 11.7. The van der Waals surface area contributed by atoms with E-state index in [9.17, 15) is 4.79 Å². The van der Waals surface area contributed by atoms with E-state index in [4.69, 9.17) is 22.9 Å². The van der Waals surface area contributed by atoms with Gasteiger partial charge in [-0.1, -0.05) is 39.0 Å². The van der Waals surface area contributed by atoms with Crippen molar-refractivity contribution >= 4 is 18.3 Å². The fourth-order valence-corrected chi connectivity index (χ4v) is 3.31. The molecule has 1 amide bonds. The fourth-order valence-electron chi connectivity index (χ4n) is 3.31. The summed E-state index contributed by atoms with van der Waals surface area (Å²) in [5, 5.41) is 2.66. The molecule has 1 aliphatic heterocycles. The number of nitrogens with one attached hydrogen (secondary N) is 1. The quantitative estimate of drug-likeness (QED) is 0.0975. The Labute approximate surface area is 188 Å². The van der Waals surface area contributed by atoms with Gasteiger partial charge in [0.05, 0.1) is 0 Å². The average Bonchev–Trinajstić information content (AvgIpc) is 2.75. The van der Waals surface area contributed by atoms with Gasteiger partial charge in [-0.25, -0.2) is 0 Å². The second-order valence-electron chi connectivity index (χ2n) is 7.84. The largest absolute Gasteiger partial charge is 0.370 e. The zero-order valence-corrected chi connectivity index (χ0v) is 19.6. The molecule has 0 unspecified atom stereocenters. The summed E-state index contributed by atoms with van der Waals surface area (Å²) in [7, 11) is 0. The third kappa shape index (κ3) is 21.0. The molecule has 1 heterocycles. The standard InChI is InChI=1S/C12H28N8.C9H19NO/c13-11(14)17-3-1-5-19-7-9-20(10-8-19)6-2-4-18-12(15)16;1-2-3-4-5-6-7-8-10-9-11/h1-10H2,(H4,13,14,17)(H4,15,16,18);9H,2-8H2,1H3,(H,10,11). The lowest BCUT2D eigenvalue weighted by Gasteiger charge is -2.34. The van der Waals surface area contributed by atoms with Crippen LogP contribution in [0.3, 0.4) is 0 Å². The maximum atomic E-state index is 9.83. The van der Waals surface area contributed by atoms with Gasteiger partial charge in [0.25, 0.3) is 0 Å². The average molecular weight is 442 g/mol. The molecule has 0 aromatic heterocycles. The molecule has 0 atom stereocenters. The molecule has 9 N–H and O–H groups in total. The lowest BCUT2D eigenvalue weighted by atomic mass is 10.1. The molecular weight excluding hydrogens is 394 g/mol. The third-order valence-electron chi connectivity index (χ3n) is 5.08. The minimum Gasteiger partial charge on any atom is -0.370 e. The molecule has 0 aliphatic carbocycles. The van der Waals surface area contributed by atoms with Gasteiger partial charge in [-0.05, 0) is 19.3 Å².